The number of amides is 1. The van der Waals surface area contributed by atoms with Gasteiger partial charge in [-0.3, -0.25) is 4.79 Å². The van der Waals surface area contributed by atoms with Crippen LogP contribution < -0.4 is 5.73 Å². The third-order valence-electron chi connectivity index (χ3n) is 5.49. The van der Waals surface area contributed by atoms with Gasteiger partial charge in [-0.1, -0.05) is 27.2 Å². The average Bonchev–Trinajstić information content (AvgIpc) is 2.76. The van der Waals surface area contributed by atoms with Crippen molar-refractivity contribution in [2.45, 2.75) is 84.2 Å². The standard InChI is InChI=1S/C17H32N2O/c1-4-12-19(14-9-7-13(18)8-10-14)16(20)15-6-5-11-17(15,2)3/h13-15H,4-12,18H2,1-3H3. The first-order valence-electron chi connectivity index (χ1n) is 8.51. The minimum Gasteiger partial charge on any atom is -0.339 e. The van der Waals surface area contributed by atoms with Gasteiger partial charge in [-0.15, -0.1) is 0 Å². The summed E-state index contributed by atoms with van der Waals surface area (Å²) in [5.74, 6) is 0.666. The molecule has 2 N–H and O–H groups in total. The summed E-state index contributed by atoms with van der Waals surface area (Å²) in [6.45, 7) is 7.63. The molecule has 2 saturated carbocycles. The average molecular weight is 280 g/mol. The van der Waals surface area contributed by atoms with Crippen LogP contribution >= 0.6 is 0 Å². The Bertz CT molecular complexity index is 332. The third kappa shape index (κ3) is 3.36. The van der Waals surface area contributed by atoms with Gasteiger partial charge < -0.3 is 10.6 Å². The quantitative estimate of drug-likeness (QED) is 0.858. The van der Waals surface area contributed by atoms with Crippen LogP contribution in [0.1, 0.15) is 72.1 Å². The van der Waals surface area contributed by atoms with Gasteiger partial charge in [0.15, 0.2) is 0 Å². The first kappa shape index (κ1) is 15.8. The summed E-state index contributed by atoms with van der Waals surface area (Å²) in [6.07, 6.45) is 8.89. The lowest BCUT2D eigenvalue weighted by molar-refractivity contribution is -0.141. The fourth-order valence-electron chi connectivity index (χ4n) is 4.11. The molecular formula is C17H32N2O. The SMILES string of the molecule is CCCN(C(=O)C1CCCC1(C)C)C1CCC(N)CC1. The van der Waals surface area contributed by atoms with E-state index in [1.807, 2.05) is 0 Å². The van der Waals surface area contributed by atoms with Crippen molar-refractivity contribution in [3.05, 3.63) is 0 Å². The second-order valence-corrected chi connectivity index (χ2v) is 7.53. The van der Waals surface area contributed by atoms with Crippen LogP contribution in [0.25, 0.3) is 0 Å². The van der Waals surface area contributed by atoms with E-state index < -0.39 is 0 Å². The molecule has 0 heterocycles. The molecule has 3 heteroatoms. The Hall–Kier alpha value is -0.570. The van der Waals surface area contributed by atoms with Gasteiger partial charge in [0.05, 0.1) is 0 Å². The number of nitrogens with two attached hydrogens (primary N) is 1. The smallest absolute Gasteiger partial charge is 0.226 e. The van der Waals surface area contributed by atoms with E-state index in [2.05, 4.69) is 25.7 Å². The first-order valence-corrected chi connectivity index (χ1v) is 8.51. The van der Waals surface area contributed by atoms with Crippen LogP contribution in [0.15, 0.2) is 0 Å². The van der Waals surface area contributed by atoms with Crippen molar-refractivity contribution in [3.63, 3.8) is 0 Å². The highest BCUT2D eigenvalue weighted by molar-refractivity contribution is 5.80. The van der Waals surface area contributed by atoms with E-state index in [0.29, 0.717) is 18.0 Å². The van der Waals surface area contributed by atoms with Crippen molar-refractivity contribution >= 4 is 5.91 Å². The highest BCUT2D eigenvalue weighted by Crippen LogP contribution is 2.44. The molecule has 20 heavy (non-hydrogen) atoms. The van der Waals surface area contributed by atoms with E-state index in [1.165, 1.54) is 12.8 Å². The summed E-state index contributed by atoms with van der Waals surface area (Å²) in [5.41, 5.74) is 6.20. The van der Waals surface area contributed by atoms with E-state index in [0.717, 1.165) is 45.1 Å². The van der Waals surface area contributed by atoms with E-state index in [9.17, 15) is 4.79 Å². The van der Waals surface area contributed by atoms with E-state index in [4.69, 9.17) is 5.73 Å². The zero-order valence-electron chi connectivity index (χ0n) is 13.5. The summed E-state index contributed by atoms with van der Waals surface area (Å²) in [6, 6.07) is 0.798. The van der Waals surface area contributed by atoms with Crippen molar-refractivity contribution in [1.82, 2.24) is 4.90 Å². The molecule has 2 aliphatic rings. The number of nitrogens with zero attached hydrogens (tertiary/aromatic N) is 1. The van der Waals surface area contributed by atoms with Crippen LogP contribution in [0.4, 0.5) is 0 Å². The van der Waals surface area contributed by atoms with Crippen LogP contribution in [0.3, 0.4) is 0 Å². The first-order chi connectivity index (χ1) is 9.45. The Labute approximate surface area is 124 Å². The normalized spacial score (nSPS) is 33.1. The summed E-state index contributed by atoms with van der Waals surface area (Å²) < 4.78 is 0. The van der Waals surface area contributed by atoms with E-state index in [1.54, 1.807) is 0 Å². The lowest BCUT2D eigenvalue weighted by Gasteiger charge is -2.39. The van der Waals surface area contributed by atoms with Crippen molar-refractivity contribution in [3.8, 4) is 0 Å². The fourth-order valence-corrected chi connectivity index (χ4v) is 4.11. The number of rotatable bonds is 4. The van der Waals surface area contributed by atoms with Gasteiger partial charge in [-0.05, 0) is 50.4 Å². The summed E-state index contributed by atoms with van der Waals surface area (Å²) >= 11 is 0. The predicted octanol–water partition coefficient (Wildman–Crippen LogP) is 3.32. The maximum Gasteiger partial charge on any atom is 0.226 e. The molecule has 2 aliphatic carbocycles. The molecule has 1 amide bonds. The molecule has 2 rings (SSSR count). The van der Waals surface area contributed by atoms with Crippen molar-refractivity contribution in [2.24, 2.45) is 17.1 Å². The lowest BCUT2D eigenvalue weighted by atomic mass is 9.80. The molecule has 0 aliphatic heterocycles. The molecule has 116 valence electrons. The monoisotopic (exact) mass is 280 g/mol. The zero-order valence-corrected chi connectivity index (χ0v) is 13.5. The molecule has 1 atom stereocenters. The third-order valence-corrected chi connectivity index (χ3v) is 5.49. The second-order valence-electron chi connectivity index (χ2n) is 7.53. The number of hydrogen-bond donors (Lipinski definition) is 1. The van der Waals surface area contributed by atoms with Crippen molar-refractivity contribution < 1.29 is 4.79 Å². The zero-order chi connectivity index (χ0) is 14.8. The minimum atomic E-state index is 0.189. The highest BCUT2D eigenvalue weighted by atomic mass is 16.2. The van der Waals surface area contributed by atoms with Gasteiger partial charge in [0.1, 0.15) is 0 Å². The van der Waals surface area contributed by atoms with Crippen LogP contribution in [-0.4, -0.2) is 29.4 Å². The molecule has 3 nitrogen and oxygen atoms in total. The molecule has 0 bridgehead atoms. The molecule has 2 fully saturated rings. The van der Waals surface area contributed by atoms with Gasteiger partial charge in [0.2, 0.25) is 5.91 Å². The van der Waals surface area contributed by atoms with Gasteiger partial charge >= 0.3 is 0 Å². The molecule has 0 aromatic rings. The van der Waals surface area contributed by atoms with Crippen molar-refractivity contribution in [2.75, 3.05) is 6.54 Å². The molecule has 0 spiro atoms. The lowest BCUT2D eigenvalue weighted by Crippen LogP contribution is -2.48. The van der Waals surface area contributed by atoms with Gasteiger partial charge in [0, 0.05) is 24.5 Å². The van der Waals surface area contributed by atoms with E-state index >= 15 is 0 Å². The Morgan fingerprint density at radius 1 is 1.20 bits per heavy atom. The van der Waals surface area contributed by atoms with Crippen LogP contribution in [0.2, 0.25) is 0 Å². The van der Waals surface area contributed by atoms with Crippen LogP contribution in [0, 0.1) is 11.3 Å². The van der Waals surface area contributed by atoms with Gasteiger partial charge in [0.25, 0.3) is 0 Å². The summed E-state index contributed by atoms with van der Waals surface area (Å²) in [4.78, 5) is 15.2. The van der Waals surface area contributed by atoms with Crippen molar-refractivity contribution in [1.29, 1.82) is 0 Å². The Balaban J connectivity index is 2.06. The van der Waals surface area contributed by atoms with E-state index in [-0.39, 0.29) is 11.3 Å². The number of carbonyl (C=O) groups is 1. The Kier molecular flexibility index (Phi) is 5.11. The van der Waals surface area contributed by atoms with Crippen LogP contribution in [-0.2, 0) is 4.79 Å². The van der Waals surface area contributed by atoms with Gasteiger partial charge in [-0.2, -0.15) is 0 Å². The Morgan fingerprint density at radius 2 is 1.85 bits per heavy atom. The number of hydrogen-bond acceptors (Lipinski definition) is 2. The second kappa shape index (κ2) is 6.46. The molecule has 0 aromatic heterocycles. The molecule has 0 aromatic carbocycles. The molecular weight excluding hydrogens is 248 g/mol. The molecule has 0 radical (unpaired) electrons. The maximum absolute atomic E-state index is 13.0. The van der Waals surface area contributed by atoms with Crippen LogP contribution in [0.5, 0.6) is 0 Å². The minimum absolute atomic E-state index is 0.189. The summed E-state index contributed by atoms with van der Waals surface area (Å²) in [7, 11) is 0. The fraction of sp³-hybridized carbons (Fsp3) is 0.941. The largest absolute Gasteiger partial charge is 0.339 e. The summed E-state index contributed by atoms with van der Waals surface area (Å²) in [5, 5.41) is 0. The topological polar surface area (TPSA) is 46.3 Å². The van der Waals surface area contributed by atoms with Gasteiger partial charge in [-0.25, -0.2) is 0 Å². The Morgan fingerprint density at radius 3 is 2.35 bits per heavy atom. The molecule has 1 unspecified atom stereocenters. The number of carbonyl (C=O) groups excluding carboxylic acids is 1. The molecule has 0 saturated heterocycles. The highest BCUT2D eigenvalue weighted by Gasteiger charge is 2.42. The predicted molar refractivity (Wildman–Crippen MR) is 83.4 cm³/mol. The maximum atomic E-state index is 13.0.